The lowest BCUT2D eigenvalue weighted by molar-refractivity contribution is -0.123. The van der Waals surface area contributed by atoms with Gasteiger partial charge in [-0.3, -0.25) is 9.69 Å². The number of hydrogen-bond acceptors (Lipinski definition) is 4. The van der Waals surface area contributed by atoms with E-state index < -0.39 is 0 Å². The predicted octanol–water partition coefficient (Wildman–Crippen LogP) is 3.08. The minimum Gasteiger partial charge on any atom is -0.484 e. The van der Waals surface area contributed by atoms with Crippen LogP contribution in [0.1, 0.15) is 23.8 Å². The summed E-state index contributed by atoms with van der Waals surface area (Å²) in [6.07, 6.45) is 2.49. The molecule has 0 bridgehead atoms. The smallest absolute Gasteiger partial charge is 0.258 e. The van der Waals surface area contributed by atoms with Crippen LogP contribution in [0.4, 0.5) is 0 Å². The zero-order valence-electron chi connectivity index (χ0n) is 13.1. The van der Waals surface area contributed by atoms with Crippen LogP contribution in [0.25, 0.3) is 0 Å². The highest BCUT2D eigenvalue weighted by atomic mass is 32.1. The number of para-hydroxylation sites is 1. The summed E-state index contributed by atoms with van der Waals surface area (Å²) in [7, 11) is 0. The number of hydrogen-bond donors (Lipinski definition) is 1. The molecule has 1 fully saturated rings. The Balaban J connectivity index is 1.51. The topological polar surface area (TPSA) is 41.6 Å². The van der Waals surface area contributed by atoms with E-state index >= 15 is 0 Å². The number of ether oxygens (including phenoxy) is 1. The molecule has 1 amide bonds. The van der Waals surface area contributed by atoms with Crippen molar-refractivity contribution in [2.24, 2.45) is 0 Å². The third-order valence-electron chi connectivity index (χ3n) is 4.06. The summed E-state index contributed by atoms with van der Waals surface area (Å²) in [5, 5.41) is 5.12. The molecule has 0 saturated carbocycles. The van der Waals surface area contributed by atoms with E-state index in [1.165, 1.54) is 17.7 Å². The second-order valence-electron chi connectivity index (χ2n) is 5.68. The van der Waals surface area contributed by atoms with Gasteiger partial charge in [-0.25, -0.2) is 0 Å². The van der Waals surface area contributed by atoms with Crippen LogP contribution in [-0.2, 0) is 4.79 Å². The Kier molecular flexibility index (Phi) is 5.66. The van der Waals surface area contributed by atoms with Crippen molar-refractivity contribution in [3.63, 3.8) is 0 Å². The monoisotopic (exact) mass is 330 g/mol. The van der Waals surface area contributed by atoms with Gasteiger partial charge in [0, 0.05) is 11.4 Å². The Hall–Kier alpha value is -1.85. The molecule has 1 aliphatic rings. The highest BCUT2D eigenvalue weighted by Gasteiger charge is 2.24. The molecule has 1 atom stereocenters. The Morgan fingerprint density at radius 2 is 1.96 bits per heavy atom. The molecule has 0 radical (unpaired) electrons. The van der Waals surface area contributed by atoms with Crippen LogP contribution < -0.4 is 10.1 Å². The maximum atomic E-state index is 12.1. The Morgan fingerprint density at radius 3 is 2.65 bits per heavy atom. The van der Waals surface area contributed by atoms with Crippen LogP contribution in [0.2, 0.25) is 0 Å². The van der Waals surface area contributed by atoms with Crippen molar-refractivity contribution in [3.8, 4) is 5.75 Å². The Labute approximate surface area is 141 Å². The van der Waals surface area contributed by atoms with Gasteiger partial charge < -0.3 is 10.1 Å². The molecule has 1 aromatic carbocycles. The van der Waals surface area contributed by atoms with Crippen molar-refractivity contribution in [2.75, 3.05) is 26.2 Å². The van der Waals surface area contributed by atoms with Gasteiger partial charge in [-0.15, -0.1) is 11.3 Å². The van der Waals surface area contributed by atoms with E-state index in [0.29, 0.717) is 6.54 Å². The standard InChI is InChI=1S/C18H22N2O2S/c21-18(14-22-15-7-2-1-3-8-15)19-13-16(17-9-6-12-23-17)20-10-4-5-11-20/h1-3,6-9,12,16H,4-5,10-11,13-14H2,(H,19,21). The first-order chi connectivity index (χ1) is 11.3. The molecule has 122 valence electrons. The van der Waals surface area contributed by atoms with E-state index in [-0.39, 0.29) is 18.6 Å². The van der Waals surface area contributed by atoms with Crippen molar-refractivity contribution in [1.82, 2.24) is 10.2 Å². The highest BCUT2D eigenvalue weighted by molar-refractivity contribution is 7.10. The minimum absolute atomic E-state index is 0.0567. The number of thiophene rings is 1. The number of carbonyl (C=O) groups is 1. The Morgan fingerprint density at radius 1 is 1.17 bits per heavy atom. The molecule has 0 spiro atoms. The minimum atomic E-state index is -0.0744. The lowest BCUT2D eigenvalue weighted by Gasteiger charge is -2.26. The summed E-state index contributed by atoms with van der Waals surface area (Å²) in [5.41, 5.74) is 0. The van der Waals surface area contributed by atoms with Gasteiger partial charge in [-0.2, -0.15) is 0 Å². The Bertz CT molecular complexity index is 595. The lowest BCUT2D eigenvalue weighted by atomic mass is 10.2. The number of rotatable bonds is 7. The molecule has 23 heavy (non-hydrogen) atoms. The molecule has 1 saturated heterocycles. The zero-order valence-corrected chi connectivity index (χ0v) is 13.9. The maximum absolute atomic E-state index is 12.1. The first-order valence-electron chi connectivity index (χ1n) is 8.05. The predicted molar refractivity (Wildman–Crippen MR) is 92.8 cm³/mol. The van der Waals surface area contributed by atoms with Gasteiger partial charge >= 0.3 is 0 Å². The number of amides is 1. The van der Waals surface area contributed by atoms with E-state index in [0.717, 1.165) is 18.8 Å². The summed E-state index contributed by atoms with van der Waals surface area (Å²) in [5.74, 6) is 0.645. The maximum Gasteiger partial charge on any atom is 0.258 e. The van der Waals surface area contributed by atoms with Gasteiger partial charge in [-0.1, -0.05) is 24.3 Å². The largest absolute Gasteiger partial charge is 0.484 e. The average Bonchev–Trinajstić information content (AvgIpc) is 3.28. The molecule has 1 N–H and O–H groups in total. The summed E-state index contributed by atoms with van der Waals surface area (Å²) in [4.78, 5) is 15.8. The van der Waals surface area contributed by atoms with E-state index in [4.69, 9.17) is 4.74 Å². The van der Waals surface area contributed by atoms with Gasteiger partial charge in [0.25, 0.3) is 5.91 Å². The lowest BCUT2D eigenvalue weighted by Crippen LogP contribution is -2.38. The van der Waals surface area contributed by atoms with Gasteiger partial charge in [-0.05, 0) is 49.5 Å². The van der Waals surface area contributed by atoms with Gasteiger partial charge in [0.1, 0.15) is 5.75 Å². The van der Waals surface area contributed by atoms with Crippen LogP contribution in [0.3, 0.4) is 0 Å². The van der Waals surface area contributed by atoms with E-state index in [1.54, 1.807) is 11.3 Å². The third-order valence-corrected chi connectivity index (χ3v) is 5.03. The summed E-state index contributed by atoms with van der Waals surface area (Å²) < 4.78 is 5.49. The van der Waals surface area contributed by atoms with Crippen LogP contribution in [0.5, 0.6) is 5.75 Å². The molecule has 1 unspecified atom stereocenters. The van der Waals surface area contributed by atoms with Gasteiger partial charge in [0.2, 0.25) is 0 Å². The quantitative estimate of drug-likeness (QED) is 0.848. The number of likely N-dealkylation sites (tertiary alicyclic amines) is 1. The van der Waals surface area contributed by atoms with Crippen molar-refractivity contribution in [3.05, 3.63) is 52.7 Å². The fourth-order valence-corrected chi connectivity index (χ4v) is 3.73. The van der Waals surface area contributed by atoms with Crippen LogP contribution in [-0.4, -0.2) is 37.0 Å². The number of benzene rings is 1. The van der Waals surface area contributed by atoms with Crippen LogP contribution >= 0.6 is 11.3 Å². The van der Waals surface area contributed by atoms with E-state index in [1.807, 2.05) is 30.3 Å². The molecular weight excluding hydrogens is 308 g/mol. The summed E-state index contributed by atoms with van der Waals surface area (Å²) in [6, 6.07) is 13.9. The highest BCUT2D eigenvalue weighted by Crippen LogP contribution is 2.27. The van der Waals surface area contributed by atoms with E-state index in [9.17, 15) is 4.79 Å². The molecule has 4 nitrogen and oxygen atoms in total. The summed E-state index contributed by atoms with van der Waals surface area (Å²) >= 11 is 1.76. The summed E-state index contributed by atoms with van der Waals surface area (Å²) in [6.45, 7) is 2.91. The third kappa shape index (κ3) is 4.56. The fourth-order valence-electron chi connectivity index (χ4n) is 2.87. The molecule has 5 heteroatoms. The number of carbonyl (C=O) groups excluding carboxylic acids is 1. The van der Waals surface area contributed by atoms with Crippen LogP contribution in [0, 0.1) is 0 Å². The zero-order chi connectivity index (χ0) is 15.9. The second-order valence-corrected chi connectivity index (χ2v) is 6.66. The van der Waals surface area contributed by atoms with Crippen molar-refractivity contribution >= 4 is 17.2 Å². The number of nitrogens with one attached hydrogen (secondary N) is 1. The van der Waals surface area contributed by atoms with Crippen LogP contribution in [0.15, 0.2) is 47.8 Å². The molecule has 2 heterocycles. The molecule has 0 aliphatic carbocycles. The molecule has 2 aromatic rings. The molecule has 3 rings (SSSR count). The molecule has 1 aliphatic heterocycles. The van der Waals surface area contributed by atoms with Crippen molar-refractivity contribution < 1.29 is 9.53 Å². The van der Waals surface area contributed by atoms with Crippen molar-refractivity contribution in [1.29, 1.82) is 0 Å². The van der Waals surface area contributed by atoms with Gasteiger partial charge in [0.15, 0.2) is 6.61 Å². The number of nitrogens with zero attached hydrogens (tertiary/aromatic N) is 1. The normalized spacial score (nSPS) is 16.2. The first-order valence-corrected chi connectivity index (χ1v) is 8.93. The molecule has 1 aromatic heterocycles. The average molecular weight is 330 g/mol. The van der Waals surface area contributed by atoms with Gasteiger partial charge in [0.05, 0.1) is 6.04 Å². The molecular formula is C18H22N2O2S. The SMILES string of the molecule is O=C(COc1ccccc1)NCC(c1cccs1)N1CCCC1. The second kappa shape index (κ2) is 8.13. The first kappa shape index (κ1) is 16.0. The van der Waals surface area contributed by atoms with E-state index in [2.05, 4.69) is 27.7 Å². The fraction of sp³-hybridized carbons (Fsp3) is 0.389. The van der Waals surface area contributed by atoms with Crippen molar-refractivity contribution in [2.45, 2.75) is 18.9 Å².